The average Bonchev–Trinajstić information content (AvgIpc) is 2.76. The Morgan fingerprint density at radius 1 is 1.05 bits per heavy atom. The van der Waals surface area contributed by atoms with Gasteiger partial charge in [-0.15, -0.1) is 0 Å². The van der Waals surface area contributed by atoms with Gasteiger partial charge in [-0.1, -0.05) is 40.5 Å². The summed E-state index contributed by atoms with van der Waals surface area (Å²) in [4.78, 5) is 26.0. The standard InChI is InChI=1S/C16H29NO3/c1-12(2)10-17(11-13(3)4)14(18)9-16(15(19)20)7-5-6-8-16/h12-13H,5-11H2,1-4H3,(H,19,20). The molecule has 0 bridgehead atoms. The molecule has 20 heavy (non-hydrogen) atoms. The summed E-state index contributed by atoms with van der Waals surface area (Å²) in [5.74, 6) is 0.0261. The van der Waals surface area contributed by atoms with Crippen molar-refractivity contribution in [3.63, 3.8) is 0 Å². The number of hydrogen-bond donors (Lipinski definition) is 1. The van der Waals surface area contributed by atoms with Gasteiger partial charge in [0.1, 0.15) is 0 Å². The summed E-state index contributed by atoms with van der Waals surface area (Å²) in [6.07, 6.45) is 3.31. The van der Waals surface area contributed by atoms with Gasteiger partial charge in [0.05, 0.1) is 5.41 Å². The highest BCUT2D eigenvalue weighted by molar-refractivity contribution is 5.85. The first-order chi connectivity index (χ1) is 9.27. The maximum atomic E-state index is 12.5. The first kappa shape index (κ1) is 17.0. The number of carboxylic acid groups (broad SMARTS) is 1. The third-order valence-electron chi connectivity index (χ3n) is 4.03. The minimum Gasteiger partial charge on any atom is -0.481 e. The first-order valence-corrected chi connectivity index (χ1v) is 7.78. The second-order valence-corrected chi connectivity index (χ2v) is 7.06. The van der Waals surface area contributed by atoms with Crippen LogP contribution < -0.4 is 0 Å². The Hall–Kier alpha value is -1.06. The molecule has 0 spiro atoms. The van der Waals surface area contributed by atoms with E-state index in [1.807, 2.05) is 4.90 Å². The van der Waals surface area contributed by atoms with Gasteiger partial charge in [0.15, 0.2) is 0 Å². The third kappa shape index (κ3) is 4.50. The molecular formula is C16H29NO3. The Morgan fingerprint density at radius 2 is 1.50 bits per heavy atom. The second-order valence-electron chi connectivity index (χ2n) is 7.06. The van der Waals surface area contributed by atoms with Crippen molar-refractivity contribution in [2.45, 2.75) is 59.8 Å². The number of hydrogen-bond acceptors (Lipinski definition) is 2. The van der Waals surface area contributed by atoms with Crippen molar-refractivity contribution < 1.29 is 14.7 Å². The van der Waals surface area contributed by atoms with Crippen molar-refractivity contribution >= 4 is 11.9 Å². The summed E-state index contributed by atoms with van der Waals surface area (Å²) in [7, 11) is 0. The van der Waals surface area contributed by atoms with Crippen molar-refractivity contribution in [3.8, 4) is 0 Å². The van der Waals surface area contributed by atoms with Crippen molar-refractivity contribution in [2.24, 2.45) is 17.3 Å². The van der Waals surface area contributed by atoms with E-state index in [4.69, 9.17) is 0 Å². The molecule has 1 saturated carbocycles. The molecule has 1 aliphatic carbocycles. The van der Waals surface area contributed by atoms with Gasteiger partial charge < -0.3 is 10.0 Å². The van der Waals surface area contributed by atoms with Crippen molar-refractivity contribution in [1.82, 2.24) is 4.90 Å². The first-order valence-electron chi connectivity index (χ1n) is 7.78. The number of carbonyl (C=O) groups excluding carboxylic acids is 1. The average molecular weight is 283 g/mol. The Bertz CT molecular complexity index is 334. The lowest BCUT2D eigenvalue weighted by Crippen LogP contribution is -2.41. The molecule has 0 radical (unpaired) electrons. The lowest BCUT2D eigenvalue weighted by molar-refractivity contribution is -0.153. The van der Waals surface area contributed by atoms with Crippen LogP contribution in [0.4, 0.5) is 0 Å². The van der Waals surface area contributed by atoms with E-state index >= 15 is 0 Å². The van der Waals surface area contributed by atoms with Crippen LogP contribution in [-0.2, 0) is 9.59 Å². The summed E-state index contributed by atoms with van der Waals surface area (Å²) in [5, 5.41) is 9.49. The second kappa shape index (κ2) is 7.09. The van der Waals surface area contributed by atoms with Crippen LogP contribution in [0.1, 0.15) is 59.8 Å². The molecule has 1 aliphatic rings. The minimum atomic E-state index is -0.802. The molecule has 4 heteroatoms. The van der Waals surface area contributed by atoms with E-state index in [-0.39, 0.29) is 12.3 Å². The van der Waals surface area contributed by atoms with Gasteiger partial charge in [-0.25, -0.2) is 0 Å². The molecule has 0 aromatic carbocycles. The molecule has 0 saturated heterocycles. The molecular weight excluding hydrogens is 254 g/mol. The molecule has 0 aromatic heterocycles. The van der Waals surface area contributed by atoms with Gasteiger partial charge in [0, 0.05) is 19.5 Å². The smallest absolute Gasteiger partial charge is 0.310 e. The number of carboxylic acids is 1. The largest absolute Gasteiger partial charge is 0.481 e. The zero-order valence-corrected chi connectivity index (χ0v) is 13.3. The van der Waals surface area contributed by atoms with Gasteiger partial charge in [0.2, 0.25) is 5.91 Å². The SMILES string of the molecule is CC(C)CN(CC(C)C)C(=O)CC1(C(=O)O)CCCC1. The van der Waals surface area contributed by atoms with E-state index in [0.717, 1.165) is 12.8 Å². The molecule has 0 heterocycles. The zero-order chi connectivity index (χ0) is 15.3. The van der Waals surface area contributed by atoms with Crippen LogP contribution >= 0.6 is 0 Å². The predicted molar refractivity (Wildman–Crippen MR) is 79.4 cm³/mol. The van der Waals surface area contributed by atoms with E-state index in [9.17, 15) is 14.7 Å². The molecule has 1 fully saturated rings. The zero-order valence-electron chi connectivity index (χ0n) is 13.3. The molecule has 0 unspecified atom stereocenters. The fourth-order valence-electron chi connectivity index (χ4n) is 3.08. The predicted octanol–water partition coefficient (Wildman–Crippen LogP) is 3.16. The summed E-state index contributed by atoms with van der Waals surface area (Å²) in [6.45, 7) is 9.78. The van der Waals surface area contributed by atoms with Gasteiger partial charge in [0.25, 0.3) is 0 Å². The summed E-state index contributed by atoms with van der Waals surface area (Å²) in [6, 6.07) is 0. The molecule has 0 aliphatic heterocycles. The molecule has 1 amide bonds. The van der Waals surface area contributed by atoms with Crippen LogP contribution in [-0.4, -0.2) is 35.0 Å². The molecule has 116 valence electrons. The molecule has 0 atom stereocenters. The van der Waals surface area contributed by atoms with Crippen LogP contribution in [0.25, 0.3) is 0 Å². The fourth-order valence-corrected chi connectivity index (χ4v) is 3.08. The molecule has 0 aromatic rings. The number of carbonyl (C=O) groups is 2. The van der Waals surface area contributed by atoms with E-state index in [1.165, 1.54) is 0 Å². The van der Waals surface area contributed by atoms with Crippen LogP contribution in [0.15, 0.2) is 0 Å². The number of nitrogens with zero attached hydrogens (tertiary/aromatic N) is 1. The monoisotopic (exact) mass is 283 g/mol. The summed E-state index contributed by atoms with van der Waals surface area (Å²) >= 11 is 0. The van der Waals surface area contributed by atoms with Crippen LogP contribution in [0, 0.1) is 17.3 Å². The van der Waals surface area contributed by atoms with Gasteiger partial charge in [-0.3, -0.25) is 9.59 Å². The van der Waals surface area contributed by atoms with Gasteiger partial charge in [-0.05, 0) is 24.7 Å². The van der Waals surface area contributed by atoms with E-state index in [1.54, 1.807) is 0 Å². The highest BCUT2D eigenvalue weighted by atomic mass is 16.4. The van der Waals surface area contributed by atoms with Crippen molar-refractivity contribution in [3.05, 3.63) is 0 Å². The maximum absolute atomic E-state index is 12.5. The number of aliphatic carboxylic acids is 1. The van der Waals surface area contributed by atoms with Gasteiger partial charge in [-0.2, -0.15) is 0 Å². The molecule has 1 rings (SSSR count). The number of amides is 1. The Labute approximate surface area is 122 Å². The molecule has 1 N–H and O–H groups in total. The quantitative estimate of drug-likeness (QED) is 0.780. The Morgan fingerprint density at radius 3 is 1.85 bits per heavy atom. The van der Waals surface area contributed by atoms with Crippen molar-refractivity contribution in [2.75, 3.05) is 13.1 Å². The van der Waals surface area contributed by atoms with Crippen molar-refractivity contribution in [1.29, 1.82) is 0 Å². The van der Waals surface area contributed by atoms with Gasteiger partial charge >= 0.3 is 5.97 Å². The highest BCUT2D eigenvalue weighted by Crippen LogP contribution is 2.41. The highest BCUT2D eigenvalue weighted by Gasteiger charge is 2.43. The molecule has 4 nitrogen and oxygen atoms in total. The summed E-state index contributed by atoms with van der Waals surface area (Å²) in [5.41, 5.74) is -0.802. The number of rotatable bonds is 7. The van der Waals surface area contributed by atoms with E-state index < -0.39 is 11.4 Å². The summed E-state index contributed by atoms with van der Waals surface area (Å²) < 4.78 is 0. The van der Waals surface area contributed by atoms with E-state index in [0.29, 0.717) is 37.8 Å². The fraction of sp³-hybridized carbons (Fsp3) is 0.875. The Balaban J connectivity index is 2.75. The maximum Gasteiger partial charge on any atom is 0.310 e. The topological polar surface area (TPSA) is 57.6 Å². The lowest BCUT2D eigenvalue weighted by Gasteiger charge is -2.30. The lowest BCUT2D eigenvalue weighted by atomic mass is 9.82. The van der Waals surface area contributed by atoms with Crippen LogP contribution in [0.2, 0.25) is 0 Å². The minimum absolute atomic E-state index is 0.0108. The Kier molecular flexibility index (Phi) is 6.03. The third-order valence-corrected chi connectivity index (χ3v) is 4.03. The van der Waals surface area contributed by atoms with E-state index in [2.05, 4.69) is 27.7 Å². The van der Waals surface area contributed by atoms with Crippen LogP contribution in [0.5, 0.6) is 0 Å². The normalized spacial score (nSPS) is 17.7. The van der Waals surface area contributed by atoms with Crippen LogP contribution in [0.3, 0.4) is 0 Å².